The fourth-order valence-corrected chi connectivity index (χ4v) is 1.66. The number of halogens is 3. The second-order valence-corrected chi connectivity index (χ2v) is 3.72. The van der Waals surface area contributed by atoms with Gasteiger partial charge in [0.05, 0.1) is 11.3 Å². The van der Waals surface area contributed by atoms with Gasteiger partial charge in [0, 0.05) is 6.54 Å². The number of hydrogen-bond acceptors (Lipinski definition) is 3. The van der Waals surface area contributed by atoms with E-state index in [1.807, 2.05) is 0 Å². The van der Waals surface area contributed by atoms with Crippen molar-refractivity contribution in [3.8, 4) is 5.69 Å². The highest BCUT2D eigenvalue weighted by atomic mass is 19.4. The Morgan fingerprint density at radius 2 is 2.11 bits per heavy atom. The third kappa shape index (κ3) is 2.51. The lowest BCUT2D eigenvalue weighted by Crippen LogP contribution is -2.13. The zero-order chi connectivity index (χ0) is 13.2. The molecule has 1 aromatic heterocycles. The number of nitrogens with zero attached hydrogens (tertiary/aromatic N) is 3. The van der Waals surface area contributed by atoms with Crippen LogP contribution in [0.3, 0.4) is 0 Å². The van der Waals surface area contributed by atoms with Crippen molar-refractivity contribution < 1.29 is 13.2 Å². The third-order valence-electron chi connectivity index (χ3n) is 2.41. The predicted octanol–water partition coefficient (Wildman–Crippen LogP) is 2.01. The molecule has 7 heteroatoms. The number of hydrogen-bond donors (Lipinski definition) is 1. The van der Waals surface area contributed by atoms with Crippen LogP contribution in [0.4, 0.5) is 13.2 Å². The normalized spacial score (nSPS) is 11.8. The van der Waals surface area contributed by atoms with Crippen LogP contribution in [0, 0.1) is 0 Å². The van der Waals surface area contributed by atoms with Gasteiger partial charge < -0.3 is 5.32 Å². The molecule has 0 saturated heterocycles. The highest BCUT2D eigenvalue weighted by Crippen LogP contribution is 2.34. The largest absolute Gasteiger partial charge is 0.418 e. The lowest BCUT2D eigenvalue weighted by molar-refractivity contribution is -0.137. The molecule has 0 amide bonds. The molecule has 0 bridgehead atoms. The van der Waals surface area contributed by atoms with Gasteiger partial charge in [-0.3, -0.25) is 0 Å². The summed E-state index contributed by atoms with van der Waals surface area (Å²) in [4.78, 5) is 3.65. The number of alkyl halides is 3. The Balaban J connectivity index is 2.53. The summed E-state index contributed by atoms with van der Waals surface area (Å²) in [6.45, 7) is 0.376. The summed E-state index contributed by atoms with van der Waals surface area (Å²) in [6, 6.07) is 4.14. The summed E-state index contributed by atoms with van der Waals surface area (Å²) in [5, 5.41) is 6.54. The number of nitrogens with one attached hydrogen (secondary N) is 1. The van der Waals surface area contributed by atoms with Crippen molar-refractivity contribution in [2.45, 2.75) is 12.7 Å². The first kappa shape index (κ1) is 12.6. The molecule has 0 aliphatic heterocycles. The molecule has 96 valence electrons. The molecule has 2 rings (SSSR count). The maximum atomic E-state index is 13.0. The molecular formula is C11H11F3N4. The van der Waals surface area contributed by atoms with Crippen LogP contribution in [0.1, 0.15) is 11.1 Å². The average molecular weight is 256 g/mol. The standard InChI is InChI=1S/C11H11F3N4/c1-15-5-8-2-3-10(18-7-16-6-17-18)9(4-8)11(12,13)14/h2-4,6-7,15H,5H2,1H3. The molecule has 0 atom stereocenters. The summed E-state index contributed by atoms with van der Waals surface area (Å²) < 4.78 is 40.0. The molecule has 1 N–H and O–H groups in total. The Morgan fingerprint density at radius 1 is 1.33 bits per heavy atom. The topological polar surface area (TPSA) is 42.7 Å². The summed E-state index contributed by atoms with van der Waals surface area (Å²) in [7, 11) is 1.68. The Morgan fingerprint density at radius 3 is 2.67 bits per heavy atom. The Labute approximate surface area is 101 Å². The summed E-state index contributed by atoms with van der Waals surface area (Å²) in [6.07, 6.45) is -1.99. The van der Waals surface area contributed by atoms with Crippen LogP contribution >= 0.6 is 0 Å². The van der Waals surface area contributed by atoms with Gasteiger partial charge in [0.2, 0.25) is 0 Å². The second-order valence-electron chi connectivity index (χ2n) is 3.72. The molecule has 0 aliphatic carbocycles. The summed E-state index contributed by atoms with van der Waals surface area (Å²) >= 11 is 0. The highest BCUT2D eigenvalue weighted by molar-refractivity contribution is 5.44. The molecule has 0 aliphatic rings. The van der Waals surface area contributed by atoms with E-state index < -0.39 is 11.7 Å². The van der Waals surface area contributed by atoms with E-state index in [4.69, 9.17) is 0 Å². The van der Waals surface area contributed by atoms with Gasteiger partial charge in [-0.05, 0) is 24.7 Å². The van der Waals surface area contributed by atoms with E-state index in [2.05, 4.69) is 15.4 Å². The lowest BCUT2D eigenvalue weighted by atomic mass is 10.1. The zero-order valence-electron chi connectivity index (χ0n) is 9.57. The number of aromatic nitrogens is 3. The fraction of sp³-hybridized carbons (Fsp3) is 0.273. The number of rotatable bonds is 3. The van der Waals surface area contributed by atoms with Crippen molar-refractivity contribution in [1.82, 2.24) is 20.1 Å². The molecule has 18 heavy (non-hydrogen) atoms. The van der Waals surface area contributed by atoms with Gasteiger partial charge >= 0.3 is 6.18 Å². The van der Waals surface area contributed by atoms with E-state index in [0.717, 1.165) is 10.7 Å². The minimum Gasteiger partial charge on any atom is -0.316 e. The molecule has 0 spiro atoms. The van der Waals surface area contributed by atoms with Crippen molar-refractivity contribution in [2.24, 2.45) is 0 Å². The van der Waals surface area contributed by atoms with Crippen LogP contribution < -0.4 is 5.32 Å². The molecule has 2 aromatic rings. The van der Waals surface area contributed by atoms with E-state index in [1.54, 1.807) is 13.1 Å². The van der Waals surface area contributed by atoms with Crippen LogP contribution in [0.2, 0.25) is 0 Å². The third-order valence-corrected chi connectivity index (χ3v) is 2.41. The van der Waals surface area contributed by atoms with Crippen molar-refractivity contribution in [3.63, 3.8) is 0 Å². The van der Waals surface area contributed by atoms with Crippen LogP contribution in [0.15, 0.2) is 30.9 Å². The van der Waals surface area contributed by atoms with E-state index in [0.29, 0.717) is 12.1 Å². The van der Waals surface area contributed by atoms with Crippen molar-refractivity contribution in [1.29, 1.82) is 0 Å². The summed E-state index contributed by atoms with van der Waals surface area (Å²) in [5.74, 6) is 0. The predicted molar refractivity (Wildman–Crippen MR) is 59.1 cm³/mol. The zero-order valence-corrected chi connectivity index (χ0v) is 9.57. The van der Waals surface area contributed by atoms with Crippen molar-refractivity contribution >= 4 is 0 Å². The highest BCUT2D eigenvalue weighted by Gasteiger charge is 2.34. The van der Waals surface area contributed by atoms with E-state index in [1.165, 1.54) is 18.7 Å². The molecule has 0 fully saturated rings. The monoisotopic (exact) mass is 256 g/mol. The Bertz CT molecular complexity index is 520. The minimum absolute atomic E-state index is 0.0279. The number of benzene rings is 1. The molecule has 1 aromatic carbocycles. The first-order valence-corrected chi connectivity index (χ1v) is 5.22. The Hall–Kier alpha value is -1.89. The van der Waals surface area contributed by atoms with Crippen LogP contribution in [-0.2, 0) is 12.7 Å². The lowest BCUT2D eigenvalue weighted by Gasteiger charge is -2.14. The maximum Gasteiger partial charge on any atom is 0.418 e. The van der Waals surface area contributed by atoms with Gasteiger partial charge in [-0.1, -0.05) is 6.07 Å². The second kappa shape index (κ2) is 4.77. The van der Waals surface area contributed by atoms with Crippen molar-refractivity contribution in [2.75, 3.05) is 7.05 Å². The van der Waals surface area contributed by atoms with Crippen molar-refractivity contribution in [3.05, 3.63) is 42.0 Å². The first-order chi connectivity index (χ1) is 8.52. The van der Waals surface area contributed by atoms with Crippen LogP contribution in [0.25, 0.3) is 5.69 Å². The average Bonchev–Trinajstić information content (AvgIpc) is 2.81. The van der Waals surface area contributed by atoms with Crippen LogP contribution in [-0.4, -0.2) is 21.8 Å². The van der Waals surface area contributed by atoms with Gasteiger partial charge in [0.1, 0.15) is 12.7 Å². The van der Waals surface area contributed by atoms with E-state index >= 15 is 0 Å². The quantitative estimate of drug-likeness (QED) is 0.913. The van der Waals surface area contributed by atoms with Crippen LogP contribution in [0.5, 0.6) is 0 Å². The summed E-state index contributed by atoms with van der Waals surface area (Å²) in [5.41, 5.74) is -0.186. The van der Waals surface area contributed by atoms with Gasteiger partial charge in [0.15, 0.2) is 0 Å². The maximum absolute atomic E-state index is 13.0. The SMILES string of the molecule is CNCc1ccc(-n2cncn2)c(C(F)(F)F)c1. The van der Waals surface area contributed by atoms with Gasteiger partial charge in [0.25, 0.3) is 0 Å². The molecule has 0 unspecified atom stereocenters. The minimum atomic E-state index is -4.43. The van der Waals surface area contributed by atoms with Gasteiger partial charge in [-0.15, -0.1) is 0 Å². The molecule has 4 nitrogen and oxygen atoms in total. The van der Waals surface area contributed by atoms with Gasteiger partial charge in [-0.25, -0.2) is 9.67 Å². The van der Waals surface area contributed by atoms with Gasteiger partial charge in [-0.2, -0.15) is 18.3 Å². The van der Waals surface area contributed by atoms with E-state index in [-0.39, 0.29) is 5.69 Å². The first-order valence-electron chi connectivity index (χ1n) is 5.22. The molecular weight excluding hydrogens is 245 g/mol. The molecule has 0 saturated carbocycles. The molecule has 0 radical (unpaired) electrons. The van der Waals surface area contributed by atoms with E-state index in [9.17, 15) is 13.2 Å². The fourth-order valence-electron chi connectivity index (χ4n) is 1.66. The Kier molecular flexibility index (Phi) is 3.33. The molecule has 1 heterocycles. The smallest absolute Gasteiger partial charge is 0.316 e.